The van der Waals surface area contributed by atoms with E-state index < -0.39 is 0 Å². The molecule has 1 nitrogen and oxygen atoms in total. The van der Waals surface area contributed by atoms with Crippen LogP contribution in [0.15, 0.2) is 48.5 Å². The molecule has 1 N–H and O–H groups in total. The molecule has 0 aliphatic rings. The molecular formula is C15H14ClFO. The summed E-state index contributed by atoms with van der Waals surface area (Å²) in [4.78, 5) is 0. The van der Waals surface area contributed by atoms with Crippen molar-refractivity contribution < 1.29 is 9.50 Å². The van der Waals surface area contributed by atoms with Crippen LogP contribution in [-0.2, 0) is 6.42 Å². The molecule has 2 rings (SSSR count). The van der Waals surface area contributed by atoms with E-state index in [1.807, 2.05) is 24.3 Å². The van der Waals surface area contributed by atoms with E-state index >= 15 is 0 Å². The third kappa shape index (κ3) is 3.09. The summed E-state index contributed by atoms with van der Waals surface area (Å²) in [5.41, 5.74) is 1.90. The molecule has 0 aliphatic carbocycles. The molecule has 0 saturated carbocycles. The minimum Gasteiger partial charge on any atom is -0.396 e. The second-order valence-corrected chi connectivity index (χ2v) is 4.63. The van der Waals surface area contributed by atoms with Crippen LogP contribution in [-0.4, -0.2) is 11.7 Å². The second kappa shape index (κ2) is 5.98. The Labute approximate surface area is 111 Å². The number of halogens is 2. The maximum absolute atomic E-state index is 12.9. The van der Waals surface area contributed by atoms with Gasteiger partial charge in [-0.2, -0.15) is 0 Å². The molecular weight excluding hydrogens is 251 g/mol. The van der Waals surface area contributed by atoms with Gasteiger partial charge in [-0.05, 0) is 35.7 Å². The molecule has 2 aromatic rings. The summed E-state index contributed by atoms with van der Waals surface area (Å²) in [6, 6.07) is 13.8. The zero-order chi connectivity index (χ0) is 13.0. The zero-order valence-electron chi connectivity index (χ0n) is 9.81. The number of rotatable bonds is 4. The Morgan fingerprint density at radius 2 is 1.72 bits per heavy atom. The minimum absolute atomic E-state index is 0.0108. The Balaban J connectivity index is 2.20. The van der Waals surface area contributed by atoms with Gasteiger partial charge in [-0.25, -0.2) is 4.39 Å². The number of aliphatic hydroxyl groups excluding tert-OH is 1. The highest BCUT2D eigenvalue weighted by atomic mass is 35.5. The summed E-state index contributed by atoms with van der Waals surface area (Å²) in [7, 11) is 0. The average Bonchev–Trinajstić information content (AvgIpc) is 2.39. The maximum atomic E-state index is 12.9. The minimum atomic E-state index is -0.270. The summed E-state index contributed by atoms with van der Waals surface area (Å²) in [6.07, 6.45) is 0.641. The van der Waals surface area contributed by atoms with Crippen molar-refractivity contribution in [3.8, 4) is 0 Å². The Kier molecular flexibility index (Phi) is 4.34. The first-order valence-electron chi connectivity index (χ1n) is 5.80. The van der Waals surface area contributed by atoms with E-state index in [1.54, 1.807) is 12.1 Å². The fourth-order valence-electron chi connectivity index (χ4n) is 1.95. The maximum Gasteiger partial charge on any atom is 0.123 e. The van der Waals surface area contributed by atoms with Crippen LogP contribution in [0.4, 0.5) is 4.39 Å². The number of hydrogen-bond acceptors (Lipinski definition) is 1. The lowest BCUT2D eigenvalue weighted by Crippen LogP contribution is -2.08. The largest absolute Gasteiger partial charge is 0.396 e. The summed E-state index contributed by atoms with van der Waals surface area (Å²) >= 11 is 6.10. The van der Waals surface area contributed by atoms with E-state index in [0.29, 0.717) is 11.4 Å². The Morgan fingerprint density at radius 1 is 1.06 bits per heavy atom. The van der Waals surface area contributed by atoms with Crippen LogP contribution in [0, 0.1) is 5.82 Å². The molecule has 0 radical (unpaired) electrons. The zero-order valence-corrected chi connectivity index (χ0v) is 10.6. The first kappa shape index (κ1) is 13.1. The lowest BCUT2D eigenvalue weighted by Gasteiger charge is -2.15. The smallest absolute Gasteiger partial charge is 0.123 e. The van der Waals surface area contributed by atoms with Gasteiger partial charge < -0.3 is 5.11 Å². The van der Waals surface area contributed by atoms with Crippen LogP contribution >= 0.6 is 11.6 Å². The van der Waals surface area contributed by atoms with Crippen LogP contribution in [0.3, 0.4) is 0 Å². The molecule has 1 unspecified atom stereocenters. The number of hydrogen-bond donors (Lipinski definition) is 1. The lowest BCUT2D eigenvalue weighted by molar-refractivity contribution is 0.264. The van der Waals surface area contributed by atoms with Crippen molar-refractivity contribution in [1.82, 2.24) is 0 Å². The van der Waals surface area contributed by atoms with Crippen LogP contribution in [0.25, 0.3) is 0 Å². The Bertz CT molecular complexity index is 510. The van der Waals surface area contributed by atoms with E-state index in [-0.39, 0.29) is 18.3 Å². The quantitative estimate of drug-likeness (QED) is 0.891. The molecule has 3 heteroatoms. The van der Waals surface area contributed by atoms with Gasteiger partial charge in [0.2, 0.25) is 0 Å². The number of benzene rings is 2. The van der Waals surface area contributed by atoms with Gasteiger partial charge in [0.05, 0.1) is 6.61 Å². The van der Waals surface area contributed by atoms with Gasteiger partial charge in [0.25, 0.3) is 0 Å². The molecule has 0 bridgehead atoms. The fraction of sp³-hybridized carbons (Fsp3) is 0.200. The van der Waals surface area contributed by atoms with Crippen molar-refractivity contribution in [2.75, 3.05) is 6.61 Å². The van der Waals surface area contributed by atoms with Crippen molar-refractivity contribution in [2.45, 2.75) is 12.3 Å². The van der Waals surface area contributed by atoms with Crippen molar-refractivity contribution in [3.05, 3.63) is 70.5 Å². The van der Waals surface area contributed by atoms with Crippen molar-refractivity contribution in [2.24, 2.45) is 0 Å². The normalized spacial score (nSPS) is 12.4. The predicted molar refractivity (Wildman–Crippen MR) is 71.4 cm³/mol. The molecule has 0 spiro atoms. The third-order valence-electron chi connectivity index (χ3n) is 2.99. The first-order chi connectivity index (χ1) is 8.70. The average molecular weight is 265 g/mol. The van der Waals surface area contributed by atoms with E-state index in [9.17, 15) is 9.50 Å². The molecule has 1 atom stereocenters. The van der Waals surface area contributed by atoms with Gasteiger partial charge in [0.1, 0.15) is 5.82 Å². The van der Waals surface area contributed by atoms with Gasteiger partial charge in [-0.15, -0.1) is 0 Å². The molecule has 94 valence electrons. The molecule has 18 heavy (non-hydrogen) atoms. The van der Waals surface area contributed by atoms with Gasteiger partial charge in [-0.1, -0.05) is 41.9 Å². The summed E-state index contributed by atoms with van der Waals surface area (Å²) < 4.78 is 12.9. The van der Waals surface area contributed by atoms with Gasteiger partial charge in [0.15, 0.2) is 0 Å². The molecule has 0 aromatic heterocycles. The van der Waals surface area contributed by atoms with Crippen LogP contribution < -0.4 is 0 Å². The van der Waals surface area contributed by atoms with Gasteiger partial charge in [-0.3, -0.25) is 0 Å². The molecule has 0 heterocycles. The van der Waals surface area contributed by atoms with E-state index in [1.165, 1.54) is 12.1 Å². The van der Waals surface area contributed by atoms with Crippen molar-refractivity contribution in [3.63, 3.8) is 0 Å². The predicted octanol–water partition coefficient (Wildman–Crippen LogP) is 3.80. The molecule has 2 aromatic carbocycles. The Morgan fingerprint density at radius 3 is 2.33 bits per heavy atom. The van der Waals surface area contributed by atoms with Crippen LogP contribution in [0.5, 0.6) is 0 Å². The summed E-state index contributed by atoms with van der Waals surface area (Å²) in [6.45, 7) is 0.0108. The van der Waals surface area contributed by atoms with E-state index in [2.05, 4.69) is 0 Å². The highest BCUT2D eigenvalue weighted by Crippen LogP contribution is 2.25. The number of aliphatic hydroxyl groups is 1. The SMILES string of the molecule is OCC(Cc1ccccc1Cl)c1ccc(F)cc1. The fourth-order valence-corrected chi connectivity index (χ4v) is 2.17. The van der Waals surface area contributed by atoms with Crippen LogP contribution in [0.1, 0.15) is 17.0 Å². The standard InChI is InChI=1S/C15H14ClFO/c16-15-4-2-1-3-12(15)9-13(10-18)11-5-7-14(17)8-6-11/h1-8,13,18H,9-10H2. The van der Waals surface area contributed by atoms with E-state index in [0.717, 1.165) is 11.1 Å². The monoisotopic (exact) mass is 264 g/mol. The lowest BCUT2D eigenvalue weighted by atomic mass is 9.93. The Hall–Kier alpha value is -1.38. The summed E-state index contributed by atoms with van der Waals surface area (Å²) in [5, 5.41) is 10.2. The first-order valence-corrected chi connectivity index (χ1v) is 6.18. The summed E-state index contributed by atoms with van der Waals surface area (Å²) in [5.74, 6) is -0.335. The molecule has 0 aliphatic heterocycles. The molecule has 0 amide bonds. The van der Waals surface area contributed by atoms with E-state index in [4.69, 9.17) is 11.6 Å². The highest BCUT2D eigenvalue weighted by Gasteiger charge is 2.13. The van der Waals surface area contributed by atoms with Crippen LogP contribution in [0.2, 0.25) is 5.02 Å². The van der Waals surface area contributed by atoms with Gasteiger partial charge in [0, 0.05) is 10.9 Å². The third-order valence-corrected chi connectivity index (χ3v) is 3.35. The second-order valence-electron chi connectivity index (χ2n) is 4.23. The van der Waals surface area contributed by atoms with Crippen molar-refractivity contribution in [1.29, 1.82) is 0 Å². The highest BCUT2D eigenvalue weighted by molar-refractivity contribution is 6.31. The van der Waals surface area contributed by atoms with Crippen molar-refractivity contribution >= 4 is 11.6 Å². The topological polar surface area (TPSA) is 20.2 Å². The molecule has 0 saturated heterocycles. The molecule has 0 fully saturated rings. The van der Waals surface area contributed by atoms with Gasteiger partial charge >= 0.3 is 0 Å².